The molecule has 30 heavy (non-hydrogen) atoms. The Morgan fingerprint density at radius 1 is 1.40 bits per heavy atom. The molecule has 6 atom stereocenters. The van der Waals surface area contributed by atoms with Crippen molar-refractivity contribution >= 4 is 35.1 Å². The van der Waals surface area contributed by atoms with Crippen LogP contribution in [0.25, 0.3) is 0 Å². The van der Waals surface area contributed by atoms with Gasteiger partial charge in [0.2, 0.25) is 11.8 Å². The van der Waals surface area contributed by atoms with Crippen LogP contribution in [0.5, 0.6) is 0 Å². The molecular formula is C21H25ClN2O6. The van der Waals surface area contributed by atoms with Crippen LogP contribution >= 0.6 is 11.6 Å². The first-order valence-electron chi connectivity index (χ1n) is 10.2. The Morgan fingerprint density at radius 3 is 2.73 bits per heavy atom. The summed E-state index contributed by atoms with van der Waals surface area (Å²) in [6.45, 7) is 3.27. The van der Waals surface area contributed by atoms with Crippen molar-refractivity contribution in [3.05, 3.63) is 29.3 Å². The fourth-order valence-electron chi connectivity index (χ4n) is 5.20. The summed E-state index contributed by atoms with van der Waals surface area (Å²) >= 11 is 5.92. The molecule has 1 aromatic carbocycles. The highest BCUT2D eigenvalue weighted by Crippen LogP contribution is 2.59. The number of aliphatic hydroxyl groups excluding tert-OH is 1. The SMILES string of the molecule is CCOC(=O)[C@@H]1[C@H]2C(=O)N([C@H](C)CO)C(C(=O)Nc3ccc(Cl)cc3)C23CC[C@H]1O3. The van der Waals surface area contributed by atoms with Crippen LogP contribution in [0.3, 0.4) is 0 Å². The topological polar surface area (TPSA) is 105 Å². The molecule has 2 bridgehead atoms. The molecule has 1 spiro atoms. The number of nitrogens with zero attached hydrogens (tertiary/aromatic N) is 1. The summed E-state index contributed by atoms with van der Waals surface area (Å²) in [5.41, 5.74) is -0.582. The van der Waals surface area contributed by atoms with E-state index in [9.17, 15) is 19.5 Å². The smallest absolute Gasteiger partial charge is 0.312 e. The molecule has 9 heteroatoms. The lowest BCUT2D eigenvalue weighted by Gasteiger charge is -2.35. The zero-order chi connectivity index (χ0) is 21.6. The molecule has 0 radical (unpaired) electrons. The van der Waals surface area contributed by atoms with E-state index in [0.29, 0.717) is 23.6 Å². The monoisotopic (exact) mass is 436 g/mol. The van der Waals surface area contributed by atoms with Crippen LogP contribution in [-0.2, 0) is 23.9 Å². The molecule has 3 fully saturated rings. The minimum absolute atomic E-state index is 0.202. The summed E-state index contributed by atoms with van der Waals surface area (Å²) in [7, 11) is 0. The van der Waals surface area contributed by atoms with Gasteiger partial charge in [-0.15, -0.1) is 0 Å². The number of anilines is 1. The summed E-state index contributed by atoms with van der Waals surface area (Å²) < 4.78 is 11.4. The van der Waals surface area contributed by atoms with Crippen LogP contribution in [0.1, 0.15) is 26.7 Å². The number of hydrogen-bond donors (Lipinski definition) is 2. The fraction of sp³-hybridized carbons (Fsp3) is 0.571. The molecule has 162 valence electrons. The molecule has 8 nitrogen and oxygen atoms in total. The minimum Gasteiger partial charge on any atom is -0.466 e. The molecule has 0 aliphatic carbocycles. The molecule has 2 amide bonds. The van der Waals surface area contributed by atoms with Gasteiger partial charge in [0.25, 0.3) is 0 Å². The summed E-state index contributed by atoms with van der Waals surface area (Å²) in [6.07, 6.45) is 0.604. The summed E-state index contributed by atoms with van der Waals surface area (Å²) in [5, 5.41) is 13.1. The second kappa shape index (κ2) is 7.83. The van der Waals surface area contributed by atoms with Gasteiger partial charge in [-0.1, -0.05) is 11.6 Å². The number of carbonyl (C=O) groups is 3. The molecule has 2 unspecified atom stereocenters. The number of fused-ring (bicyclic) bond motifs is 1. The molecule has 3 aliphatic heterocycles. The highest BCUT2D eigenvalue weighted by molar-refractivity contribution is 6.30. The highest BCUT2D eigenvalue weighted by Gasteiger charge is 2.75. The normalized spacial score (nSPS) is 32.8. The van der Waals surface area contributed by atoms with Crippen LogP contribution in [0.15, 0.2) is 24.3 Å². The van der Waals surface area contributed by atoms with Gasteiger partial charge in [0.15, 0.2) is 0 Å². The molecular weight excluding hydrogens is 412 g/mol. The van der Waals surface area contributed by atoms with E-state index in [-0.39, 0.29) is 19.1 Å². The summed E-state index contributed by atoms with van der Waals surface area (Å²) in [6, 6.07) is 5.07. The maximum Gasteiger partial charge on any atom is 0.312 e. The largest absolute Gasteiger partial charge is 0.466 e. The van der Waals surface area contributed by atoms with Crippen molar-refractivity contribution in [1.82, 2.24) is 4.90 Å². The molecule has 3 heterocycles. The zero-order valence-corrected chi connectivity index (χ0v) is 17.6. The molecule has 2 N–H and O–H groups in total. The Kier molecular flexibility index (Phi) is 5.50. The Morgan fingerprint density at radius 2 is 2.10 bits per heavy atom. The van der Waals surface area contributed by atoms with Gasteiger partial charge in [-0.2, -0.15) is 0 Å². The van der Waals surface area contributed by atoms with Gasteiger partial charge in [-0.05, 0) is 51.0 Å². The van der Waals surface area contributed by atoms with E-state index < -0.39 is 47.5 Å². The van der Waals surface area contributed by atoms with Crippen molar-refractivity contribution in [3.63, 3.8) is 0 Å². The van der Waals surface area contributed by atoms with Gasteiger partial charge in [0.05, 0.1) is 37.2 Å². The van der Waals surface area contributed by atoms with E-state index >= 15 is 0 Å². The van der Waals surface area contributed by atoms with Gasteiger partial charge < -0.3 is 24.8 Å². The first-order chi connectivity index (χ1) is 14.3. The van der Waals surface area contributed by atoms with Crippen molar-refractivity contribution in [2.24, 2.45) is 11.8 Å². The zero-order valence-electron chi connectivity index (χ0n) is 16.8. The number of esters is 1. The molecule has 3 aliphatic rings. The van der Waals surface area contributed by atoms with Crippen LogP contribution in [-0.4, -0.2) is 64.8 Å². The second-order valence-corrected chi connectivity index (χ2v) is 8.52. The van der Waals surface area contributed by atoms with Crippen LogP contribution in [0, 0.1) is 11.8 Å². The lowest BCUT2D eigenvalue weighted by Crippen LogP contribution is -2.55. The van der Waals surface area contributed by atoms with Gasteiger partial charge in [-0.25, -0.2) is 0 Å². The first-order valence-corrected chi connectivity index (χ1v) is 10.6. The third kappa shape index (κ3) is 3.09. The first kappa shape index (κ1) is 21.1. The number of aliphatic hydroxyl groups is 1. The van der Waals surface area contributed by atoms with Crippen LogP contribution < -0.4 is 5.32 Å². The number of hydrogen-bond acceptors (Lipinski definition) is 6. The molecule has 0 aromatic heterocycles. The van der Waals surface area contributed by atoms with E-state index in [2.05, 4.69) is 5.32 Å². The number of benzene rings is 1. The maximum atomic E-state index is 13.4. The number of rotatable bonds is 6. The average molecular weight is 437 g/mol. The van der Waals surface area contributed by atoms with Crippen LogP contribution in [0.4, 0.5) is 5.69 Å². The Bertz CT molecular complexity index is 862. The quantitative estimate of drug-likeness (QED) is 0.656. The predicted molar refractivity (Wildman–Crippen MR) is 108 cm³/mol. The van der Waals surface area contributed by atoms with E-state index in [4.69, 9.17) is 21.1 Å². The van der Waals surface area contributed by atoms with Gasteiger partial charge in [0, 0.05) is 10.7 Å². The van der Waals surface area contributed by atoms with Crippen molar-refractivity contribution in [2.45, 2.75) is 50.5 Å². The van der Waals surface area contributed by atoms with Gasteiger partial charge in [-0.3, -0.25) is 14.4 Å². The number of amides is 2. The third-order valence-corrected chi connectivity index (χ3v) is 6.65. The van der Waals surface area contributed by atoms with E-state index in [1.165, 1.54) is 4.90 Å². The number of carbonyl (C=O) groups excluding carboxylic acids is 3. The lowest BCUT2D eigenvalue weighted by atomic mass is 9.71. The van der Waals surface area contributed by atoms with Gasteiger partial charge >= 0.3 is 5.97 Å². The van der Waals surface area contributed by atoms with Crippen molar-refractivity contribution in [2.75, 3.05) is 18.5 Å². The van der Waals surface area contributed by atoms with Crippen LogP contribution in [0.2, 0.25) is 5.02 Å². The molecule has 3 saturated heterocycles. The minimum atomic E-state index is -1.11. The summed E-state index contributed by atoms with van der Waals surface area (Å²) in [4.78, 5) is 40.8. The van der Waals surface area contributed by atoms with E-state index in [1.54, 1.807) is 38.1 Å². The Labute approximate surface area is 179 Å². The Hall–Kier alpha value is -2.16. The van der Waals surface area contributed by atoms with Crippen molar-refractivity contribution in [3.8, 4) is 0 Å². The lowest BCUT2D eigenvalue weighted by molar-refractivity contribution is -0.155. The highest BCUT2D eigenvalue weighted by atomic mass is 35.5. The average Bonchev–Trinajstić information content (AvgIpc) is 3.36. The van der Waals surface area contributed by atoms with Crippen molar-refractivity contribution in [1.29, 1.82) is 0 Å². The second-order valence-electron chi connectivity index (χ2n) is 8.08. The molecule has 4 rings (SSSR count). The Balaban J connectivity index is 1.70. The molecule has 1 aromatic rings. The fourth-order valence-corrected chi connectivity index (χ4v) is 5.33. The number of likely N-dealkylation sites (tertiary alicyclic amines) is 1. The summed E-state index contributed by atoms with van der Waals surface area (Å²) in [5.74, 6) is -2.79. The number of halogens is 1. The third-order valence-electron chi connectivity index (χ3n) is 6.40. The number of nitrogens with one attached hydrogen (secondary N) is 1. The predicted octanol–water partition coefficient (Wildman–Crippen LogP) is 1.60. The number of ether oxygens (including phenoxy) is 2. The van der Waals surface area contributed by atoms with Gasteiger partial charge in [0.1, 0.15) is 11.6 Å². The standard InChI is InChI=1S/C21H25ClN2O6/c1-3-29-20(28)15-14-8-9-21(30-14)16(15)19(27)24(11(2)10-25)17(21)18(26)23-13-6-4-12(22)5-7-13/h4-7,11,14-17,25H,3,8-10H2,1-2H3,(H,23,26)/t11-,14-,15+,16+,17?,21?/m1/s1. The van der Waals surface area contributed by atoms with Crippen molar-refractivity contribution < 1.29 is 29.0 Å². The van der Waals surface area contributed by atoms with E-state index in [1.807, 2.05) is 0 Å². The van der Waals surface area contributed by atoms with E-state index in [0.717, 1.165) is 0 Å². The maximum absolute atomic E-state index is 13.4. The molecule has 0 saturated carbocycles.